The largest absolute Gasteiger partial charge is 0.329 e. The van der Waals surface area contributed by atoms with Gasteiger partial charge in [0.1, 0.15) is 0 Å². The van der Waals surface area contributed by atoms with E-state index in [0.29, 0.717) is 12.5 Å². The maximum Gasteiger partial charge on any atom is 0.237 e. The molecule has 1 amide bonds. The maximum atomic E-state index is 14.0. The summed E-state index contributed by atoms with van der Waals surface area (Å²) in [4.78, 5) is 24.4. The second-order valence-electron chi connectivity index (χ2n) is 24.9. The Balaban J connectivity index is 2.83. The second-order valence-corrected chi connectivity index (χ2v) is 24.9. The average molecular weight is 1070 g/mol. The van der Waals surface area contributed by atoms with Gasteiger partial charge in [-0.2, -0.15) is 0 Å². The number of nitrogens with zero attached hydrogens (tertiary/aromatic N) is 5. The minimum Gasteiger partial charge on any atom is -0.329 e. The van der Waals surface area contributed by atoms with Crippen LogP contribution in [0.5, 0.6) is 0 Å². The molecule has 0 N–H and O–H groups in total. The van der Waals surface area contributed by atoms with Crippen LogP contribution in [0, 0.1) is 0 Å². The van der Waals surface area contributed by atoms with Gasteiger partial charge in [-0.25, -0.2) is 4.58 Å². The van der Waals surface area contributed by atoms with Crippen LogP contribution in [-0.2, 0) is 4.79 Å². The quantitative estimate of drug-likeness (QED) is 0.0449. The van der Waals surface area contributed by atoms with E-state index in [1.165, 1.54) is 354 Å². The average Bonchev–Trinajstić information content (AvgIpc) is 3.43. The lowest BCUT2D eigenvalue weighted by Gasteiger charge is -2.29. The van der Waals surface area contributed by atoms with Crippen LogP contribution >= 0.6 is 0 Å². The van der Waals surface area contributed by atoms with Gasteiger partial charge in [0.15, 0.2) is 19.3 Å². The Hall–Kier alpha value is -0.980. The monoisotopic (exact) mass is 1070 g/mol. The number of carbonyl (C=O) groups excluding carboxylic acids is 1. The van der Waals surface area contributed by atoms with Crippen molar-refractivity contribution in [3.05, 3.63) is 0 Å². The van der Waals surface area contributed by atoms with E-state index in [9.17, 15) is 4.79 Å². The number of unbranched alkanes of at least 4 members (excludes halogenated alkanes) is 45. The van der Waals surface area contributed by atoms with Crippen LogP contribution in [0.1, 0.15) is 356 Å². The summed E-state index contributed by atoms with van der Waals surface area (Å²) in [5.41, 5.74) is 0. The first-order chi connectivity index (χ1) is 37.6. The molecular formula is C70H142N5O+. The SMILES string of the molecule is CCCCCCCCCCCCN(CC=[N+]1CCN(C(=O)CN(CCCCCCCCCCCC)CCCCCCCCCCCC)CC1)CCN(CCCCCCCCCCCC)CCCCCCCCCCCC. The molecule has 1 fully saturated rings. The lowest BCUT2D eigenvalue weighted by atomic mass is 10.1. The molecule has 0 bridgehead atoms. The predicted molar refractivity (Wildman–Crippen MR) is 341 cm³/mol. The fourth-order valence-corrected chi connectivity index (χ4v) is 12.0. The molecule has 0 aromatic heterocycles. The Morgan fingerprint density at radius 1 is 0.303 bits per heavy atom. The molecule has 0 aromatic rings. The number of piperazine rings is 1. The molecule has 1 heterocycles. The van der Waals surface area contributed by atoms with Crippen molar-refractivity contribution < 1.29 is 9.37 Å². The van der Waals surface area contributed by atoms with Crippen molar-refractivity contribution in [1.82, 2.24) is 19.6 Å². The van der Waals surface area contributed by atoms with Crippen molar-refractivity contribution >= 4 is 12.1 Å². The summed E-state index contributed by atoms with van der Waals surface area (Å²) < 4.78 is 2.58. The van der Waals surface area contributed by atoms with E-state index in [2.05, 4.69) is 65.0 Å². The van der Waals surface area contributed by atoms with Crippen molar-refractivity contribution in [2.45, 2.75) is 356 Å². The highest BCUT2D eigenvalue weighted by atomic mass is 16.2. The highest BCUT2D eigenvalue weighted by molar-refractivity contribution is 5.78. The van der Waals surface area contributed by atoms with Gasteiger partial charge in [0.25, 0.3) is 0 Å². The van der Waals surface area contributed by atoms with Crippen LogP contribution in [-0.4, -0.2) is 121 Å². The topological polar surface area (TPSA) is 33.0 Å². The molecule has 1 aliphatic rings. The zero-order valence-electron chi connectivity index (χ0n) is 53.3. The van der Waals surface area contributed by atoms with Crippen LogP contribution in [0.4, 0.5) is 0 Å². The minimum absolute atomic E-state index is 0.381. The zero-order chi connectivity index (χ0) is 54.7. The summed E-state index contributed by atoms with van der Waals surface area (Å²) in [6.07, 6.45) is 72.4. The van der Waals surface area contributed by atoms with Gasteiger partial charge >= 0.3 is 0 Å². The molecule has 6 nitrogen and oxygen atoms in total. The van der Waals surface area contributed by atoms with Gasteiger partial charge in [-0.3, -0.25) is 14.6 Å². The van der Waals surface area contributed by atoms with Gasteiger partial charge in [0, 0.05) is 13.1 Å². The normalized spacial score (nSPS) is 13.2. The lowest BCUT2D eigenvalue weighted by molar-refractivity contribution is -0.534. The first-order valence-corrected chi connectivity index (χ1v) is 35.6. The summed E-state index contributed by atoms with van der Waals surface area (Å²) in [5.74, 6) is 0.381. The van der Waals surface area contributed by atoms with Crippen molar-refractivity contribution in [3.63, 3.8) is 0 Å². The third-order valence-corrected chi connectivity index (χ3v) is 17.5. The third kappa shape index (κ3) is 50.0. The molecule has 0 spiro atoms. The van der Waals surface area contributed by atoms with Gasteiger partial charge in [-0.1, -0.05) is 324 Å². The minimum atomic E-state index is 0.381. The molecule has 0 saturated carbocycles. The second kappa shape index (κ2) is 60.1. The summed E-state index contributed by atoms with van der Waals surface area (Å²) >= 11 is 0. The zero-order valence-corrected chi connectivity index (χ0v) is 53.3. The van der Waals surface area contributed by atoms with Crippen LogP contribution in [0.2, 0.25) is 0 Å². The molecule has 1 saturated heterocycles. The van der Waals surface area contributed by atoms with Crippen LogP contribution in [0.15, 0.2) is 0 Å². The van der Waals surface area contributed by atoms with Gasteiger partial charge in [0.05, 0.1) is 26.2 Å². The molecule has 1 rings (SSSR count). The first kappa shape index (κ1) is 73.0. The van der Waals surface area contributed by atoms with E-state index in [1.807, 2.05) is 0 Å². The molecule has 0 radical (unpaired) electrons. The number of hydrogen-bond donors (Lipinski definition) is 0. The van der Waals surface area contributed by atoms with E-state index in [0.717, 1.165) is 45.8 Å². The molecule has 0 aliphatic carbocycles. The maximum absolute atomic E-state index is 14.0. The number of rotatable bonds is 62. The number of hydrogen-bond acceptors (Lipinski definition) is 4. The molecule has 6 heteroatoms. The third-order valence-electron chi connectivity index (χ3n) is 17.5. The Bertz CT molecular complexity index is 1120. The van der Waals surface area contributed by atoms with Gasteiger partial charge < -0.3 is 9.80 Å². The van der Waals surface area contributed by atoms with Crippen molar-refractivity contribution in [2.75, 3.05) is 85.1 Å². The number of amides is 1. The Labute approximate surface area is 479 Å². The summed E-state index contributed by atoms with van der Waals surface area (Å²) in [6.45, 7) is 25.4. The Kier molecular flexibility index (Phi) is 57.8. The van der Waals surface area contributed by atoms with Gasteiger partial charge in [-0.05, 0) is 64.8 Å². The first-order valence-electron chi connectivity index (χ1n) is 35.6. The van der Waals surface area contributed by atoms with E-state index < -0.39 is 0 Å². The van der Waals surface area contributed by atoms with Crippen molar-refractivity contribution in [2.24, 2.45) is 0 Å². The Morgan fingerprint density at radius 3 is 0.803 bits per heavy atom. The van der Waals surface area contributed by atoms with E-state index >= 15 is 0 Å². The molecular weight excluding hydrogens is 927 g/mol. The highest BCUT2D eigenvalue weighted by Gasteiger charge is 2.24. The standard InChI is InChI=1S/C70H142N5O/c1-6-11-16-21-26-31-36-41-46-51-56-71(57-52-47-42-37-32-27-22-17-12-7-2)61-62-72(58-53-48-43-38-33-28-23-18-13-8-3)63-64-73-65-67-75(68-66-73)70(76)69-74(59-54-49-44-39-34-29-24-19-14-9-4)60-55-50-45-40-35-30-25-20-15-10-5/h64H,6-63,65-69H2,1-5H3/q+1. The fourth-order valence-electron chi connectivity index (χ4n) is 12.0. The van der Waals surface area contributed by atoms with E-state index in [1.54, 1.807) is 0 Å². The van der Waals surface area contributed by atoms with Gasteiger partial charge in [0.2, 0.25) is 5.91 Å². The highest BCUT2D eigenvalue weighted by Crippen LogP contribution is 2.17. The van der Waals surface area contributed by atoms with Crippen LogP contribution < -0.4 is 0 Å². The molecule has 0 unspecified atom stereocenters. The van der Waals surface area contributed by atoms with Crippen LogP contribution in [0.25, 0.3) is 0 Å². The van der Waals surface area contributed by atoms with Crippen molar-refractivity contribution in [1.29, 1.82) is 0 Å². The van der Waals surface area contributed by atoms with E-state index in [-0.39, 0.29) is 0 Å². The van der Waals surface area contributed by atoms with Crippen LogP contribution in [0.3, 0.4) is 0 Å². The van der Waals surface area contributed by atoms with Gasteiger partial charge in [-0.15, -0.1) is 0 Å². The van der Waals surface area contributed by atoms with E-state index in [4.69, 9.17) is 0 Å². The molecule has 452 valence electrons. The molecule has 1 aliphatic heterocycles. The fraction of sp³-hybridized carbons (Fsp3) is 0.971. The Morgan fingerprint density at radius 2 is 0.526 bits per heavy atom. The predicted octanol–water partition coefficient (Wildman–Crippen LogP) is 20.4. The van der Waals surface area contributed by atoms with Crippen molar-refractivity contribution in [3.8, 4) is 0 Å². The molecule has 0 atom stereocenters. The number of carbonyl (C=O) groups is 1. The molecule has 0 aromatic carbocycles. The summed E-state index contributed by atoms with van der Waals surface area (Å²) in [7, 11) is 0. The smallest absolute Gasteiger partial charge is 0.237 e. The molecule has 76 heavy (non-hydrogen) atoms. The summed E-state index contributed by atoms with van der Waals surface area (Å²) in [6, 6.07) is 0. The lowest BCUT2D eigenvalue weighted by Crippen LogP contribution is -2.49. The summed E-state index contributed by atoms with van der Waals surface area (Å²) in [5, 5.41) is 0.